The molecule has 32 heavy (non-hydrogen) atoms. The van der Waals surface area contributed by atoms with Crippen LogP contribution in [-0.2, 0) is 17.6 Å². The van der Waals surface area contributed by atoms with Gasteiger partial charge in [0.1, 0.15) is 5.82 Å². The summed E-state index contributed by atoms with van der Waals surface area (Å²) in [4.78, 5) is 24.9. The molecule has 1 aliphatic rings. The predicted molar refractivity (Wildman–Crippen MR) is 124 cm³/mol. The highest BCUT2D eigenvalue weighted by Crippen LogP contribution is 2.37. The van der Waals surface area contributed by atoms with Crippen LogP contribution in [0.2, 0.25) is 0 Å². The van der Waals surface area contributed by atoms with Crippen LogP contribution in [0.1, 0.15) is 73.4 Å². The molecule has 2 aromatic heterocycles. The van der Waals surface area contributed by atoms with Gasteiger partial charge < -0.3 is 9.42 Å². The van der Waals surface area contributed by atoms with E-state index >= 15 is 0 Å². The Morgan fingerprint density at radius 3 is 2.69 bits per heavy atom. The van der Waals surface area contributed by atoms with Crippen molar-refractivity contribution in [1.29, 1.82) is 0 Å². The topological polar surface area (TPSA) is 72.1 Å². The molecule has 3 heterocycles. The van der Waals surface area contributed by atoms with E-state index in [1.807, 2.05) is 43.1 Å². The van der Waals surface area contributed by atoms with E-state index in [2.05, 4.69) is 29.2 Å². The van der Waals surface area contributed by atoms with Gasteiger partial charge in [0.05, 0.1) is 23.0 Å². The third kappa shape index (κ3) is 4.74. The fourth-order valence-corrected chi connectivity index (χ4v) is 4.43. The first-order valence-electron chi connectivity index (χ1n) is 11.7. The summed E-state index contributed by atoms with van der Waals surface area (Å²) in [5.41, 5.74) is 4.81. The van der Waals surface area contributed by atoms with Crippen molar-refractivity contribution in [2.24, 2.45) is 0 Å². The highest BCUT2D eigenvalue weighted by Gasteiger charge is 2.32. The van der Waals surface area contributed by atoms with Gasteiger partial charge in [-0.25, -0.2) is 9.97 Å². The number of hydrogen-bond acceptors (Lipinski definition) is 5. The SMILES string of the molecule is CCCc1ncc(-c2onc(C)c2C)c([C@H]2CCCCN2C(=O)CCc2ccccc2)n1. The molecule has 1 saturated heterocycles. The third-order valence-corrected chi connectivity index (χ3v) is 6.35. The Morgan fingerprint density at radius 2 is 1.97 bits per heavy atom. The second-order valence-electron chi connectivity index (χ2n) is 8.64. The van der Waals surface area contributed by atoms with Crippen molar-refractivity contribution in [1.82, 2.24) is 20.0 Å². The van der Waals surface area contributed by atoms with Gasteiger partial charge >= 0.3 is 0 Å². The molecule has 1 aromatic carbocycles. The van der Waals surface area contributed by atoms with E-state index < -0.39 is 0 Å². The van der Waals surface area contributed by atoms with Crippen LogP contribution in [0.3, 0.4) is 0 Å². The molecule has 3 aromatic rings. The number of benzene rings is 1. The Morgan fingerprint density at radius 1 is 1.16 bits per heavy atom. The van der Waals surface area contributed by atoms with Gasteiger partial charge in [0, 0.05) is 31.1 Å². The van der Waals surface area contributed by atoms with E-state index in [1.54, 1.807) is 0 Å². The predicted octanol–water partition coefficient (Wildman–Crippen LogP) is 5.39. The highest BCUT2D eigenvalue weighted by atomic mass is 16.5. The molecular weight excluding hydrogens is 400 g/mol. The van der Waals surface area contributed by atoms with Crippen molar-refractivity contribution in [3.8, 4) is 11.3 Å². The van der Waals surface area contributed by atoms with Crippen molar-refractivity contribution in [2.45, 2.75) is 71.8 Å². The molecule has 1 aliphatic heterocycles. The summed E-state index contributed by atoms with van der Waals surface area (Å²) in [6.07, 6.45) is 7.91. The van der Waals surface area contributed by atoms with Crippen LogP contribution >= 0.6 is 0 Å². The number of carbonyl (C=O) groups is 1. The number of nitrogens with zero attached hydrogens (tertiary/aromatic N) is 4. The molecule has 1 fully saturated rings. The molecule has 0 N–H and O–H groups in total. The molecule has 0 saturated carbocycles. The number of piperidine rings is 1. The zero-order valence-corrected chi connectivity index (χ0v) is 19.3. The minimum atomic E-state index is -0.0644. The Hall–Kier alpha value is -3.02. The first-order chi connectivity index (χ1) is 15.6. The van der Waals surface area contributed by atoms with Crippen LogP contribution < -0.4 is 0 Å². The van der Waals surface area contributed by atoms with Gasteiger partial charge in [0.25, 0.3) is 0 Å². The molecule has 6 heteroatoms. The Balaban J connectivity index is 1.66. The highest BCUT2D eigenvalue weighted by molar-refractivity contribution is 5.77. The van der Waals surface area contributed by atoms with E-state index in [9.17, 15) is 4.79 Å². The van der Waals surface area contributed by atoms with E-state index in [4.69, 9.17) is 9.51 Å². The summed E-state index contributed by atoms with van der Waals surface area (Å²) in [5, 5.41) is 4.14. The summed E-state index contributed by atoms with van der Waals surface area (Å²) in [5.74, 6) is 1.72. The lowest BCUT2D eigenvalue weighted by Gasteiger charge is -2.36. The van der Waals surface area contributed by atoms with Crippen LogP contribution in [-0.4, -0.2) is 32.5 Å². The minimum Gasteiger partial charge on any atom is -0.356 e. The fraction of sp³-hybridized carbons (Fsp3) is 0.462. The quantitative estimate of drug-likeness (QED) is 0.501. The van der Waals surface area contributed by atoms with E-state index in [0.29, 0.717) is 12.2 Å². The number of carbonyl (C=O) groups excluding carboxylic acids is 1. The minimum absolute atomic E-state index is 0.0644. The third-order valence-electron chi connectivity index (χ3n) is 6.35. The second kappa shape index (κ2) is 10.1. The summed E-state index contributed by atoms with van der Waals surface area (Å²) in [6, 6.07) is 10.1. The summed E-state index contributed by atoms with van der Waals surface area (Å²) in [7, 11) is 0. The number of hydrogen-bond donors (Lipinski definition) is 0. The van der Waals surface area contributed by atoms with Crippen molar-refractivity contribution < 1.29 is 9.32 Å². The number of rotatable bonds is 7. The lowest BCUT2D eigenvalue weighted by molar-refractivity contribution is -0.135. The van der Waals surface area contributed by atoms with Gasteiger partial charge in [-0.3, -0.25) is 4.79 Å². The molecule has 0 aliphatic carbocycles. The zero-order valence-electron chi connectivity index (χ0n) is 19.3. The maximum atomic E-state index is 13.3. The molecule has 0 spiro atoms. The van der Waals surface area contributed by atoms with Crippen molar-refractivity contribution in [2.75, 3.05) is 6.54 Å². The van der Waals surface area contributed by atoms with Gasteiger partial charge in [-0.15, -0.1) is 0 Å². The van der Waals surface area contributed by atoms with E-state index in [0.717, 1.165) is 73.4 Å². The molecule has 168 valence electrons. The van der Waals surface area contributed by atoms with Gasteiger partial charge in [-0.1, -0.05) is 42.4 Å². The lowest BCUT2D eigenvalue weighted by Crippen LogP contribution is -2.39. The maximum absolute atomic E-state index is 13.3. The van der Waals surface area contributed by atoms with E-state index in [-0.39, 0.29) is 11.9 Å². The molecule has 6 nitrogen and oxygen atoms in total. The molecule has 0 unspecified atom stereocenters. The van der Waals surface area contributed by atoms with Crippen LogP contribution in [0.15, 0.2) is 41.1 Å². The molecular formula is C26H32N4O2. The summed E-state index contributed by atoms with van der Waals surface area (Å²) >= 11 is 0. The number of amides is 1. The Kier molecular flexibility index (Phi) is 6.98. The van der Waals surface area contributed by atoms with Crippen LogP contribution in [0, 0.1) is 13.8 Å². The molecule has 1 amide bonds. The standard InChI is InChI=1S/C26H32N4O2/c1-4-10-23-27-17-21(26-18(2)19(3)29-32-26)25(28-23)22-13-8-9-16-30(22)24(31)15-14-20-11-6-5-7-12-20/h5-7,11-12,17,22H,4,8-10,13-16H2,1-3H3/t22-/m1/s1. The van der Waals surface area contributed by atoms with Gasteiger partial charge in [-0.05, 0) is 51.5 Å². The Bertz CT molecular complexity index is 1060. The van der Waals surface area contributed by atoms with Gasteiger partial charge in [0.15, 0.2) is 5.76 Å². The van der Waals surface area contributed by atoms with E-state index in [1.165, 1.54) is 5.56 Å². The van der Waals surface area contributed by atoms with Crippen molar-refractivity contribution in [3.63, 3.8) is 0 Å². The largest absolute Gasteiger partial charge is 0.356 e. The zero-order chi connectivity index (χ0) is 22.5. The average molecular weight is 433 g/mol. The maximum Gasteiger partial charge on any atom is 0.223 e. The fourth-order valence-electron chi connectivity index (χ4n) is 4.43. The van der Waals surface area contributed by atoms with Crippen LogP contribution in [0.5, 0.6) is 0 Å². The Labute approximate surface area is 190 Å². The number of aromatic nitrogens is 3. The second-order valence-corrected chi connectivity index (χ2v) is 8.64. The smallest absolute Gasteiger partial charge is 0.223 e. The molecule has 4 rings (SSSR count). The van der Waals surface area contributed by atoms with Crippen molar-refractivity contribution in [3.05, 3.63) is 64.9 Å². The number of likely N-dealkylation sites (tertiary alicyclic amines) is 1. The molecule has 0 radical (unpaired) electrons. The van der Waals surface area contributed by atoms with Crippen molar-refractivity contribution >= 4 is 5.91 Å². The van der Waals surface area contributed by atoms with Gasteiger partial charge in [-0.2, -0.15) is 0 Å². The first-order valence-corrected chi connectivity index (χ1v) is 11.7. The normalized spacial score (nSPS) is 16.3. The summed E-state index contributed by atoms with van der Waals surface area (Å²) < 4.78 is 5.68. The number of aryl methyl sites for hydroxylation is 3. The average Bonchev–Trinajstić information content (AvgIpc) is 3.16. The molecule has 1 atom stereocenters. The van der Waals surface area contributed by atoms with Crippen LogP contribution in [0.25, 0.3) is 11.3 Å². The first kappa shape index (κ1) is 22.2. The van der Waals surface area contributed by atoms with Crippen LogP contribution in [0.4, 0.5) is 0 Å². The molecule has 0 bridgehead atoms. The summed E-state index contributed by atoms with van der Waals surface area (Å²) in [6.45, 7) is 6.84. The van der Waals surface area contributed by atoms with Gasteiger partial charge in [0.2, 0.25) is 5.91 Å². The monoisotopic (exact) mass is 432 g/mol. The lowest BCUT2D eigenvalue weighted by atomic mass is 9.94.